The standard InChI is InChI=1S/C31H39ClFN7O10P2/c1-3-39(4-2)15-16-45-27-23(48-30(25(27)33)40-20-35-26-28(34)37-31(32)38-29(26)40)19-47-52(43,44)50-51(42,49-22-13-9-6-10-14-22)36-17-24(41)46-18-21-11-7-5-8-12-21/h5-14,20,23,25,27,30H,3-4,15-19H2,1-2H3,(H,36,42)(H,43,44)(H2,34,37,38)/t23-,25?,27+,30-,51?/m1/s1. The maximum Gasteiger partial charge on any atom is 0.481 e. The number of carbonyl (C=O) groups excluding carboxylic acids is 1. The molecule has 52 heavy (non-hydrogen) atoms. The average molecular weight is 786 g/mol. The van der Waals surface area contributed by atoms with Gasteiger partial charge in [-0.25, -0.2) is 23.6 Å². The maximum absolute atomic E-state index is 16.2. The Kier molecular flexibility index (Phi) is 13.7. The van der Waals surface area contributed by atoms with Gasteiger partial charge in [0.25, 0.3) is 0 Å². The Hall–Kier alpha value is -3.54. The normalized spacial score (nSPS) is 21.2. The Morgan fingerprint density at radius 2 is 1.81 bits per heavy atom. The van der Waals surface area contributed by atoms with Crippen LogP contribution in [-0.4, -0.2) is 93.1 Å². The van der Waals surface area contributed by atoms with Crippen LogP contribution in [0.3, 0.4) is 0 Å². The number of hydrogen-bond donors (Lipinski definition) is 3. The van der Waals surface area contributed by atoms with Crippen molar-refractivity contribution >= 4 is 50.1 Å². The number of phosphoric ester groups is 1. The molecule has 0 saturated carbocycles. The Morgan fingerprint density at radius 3 is 2.50 bits per heavy atom. The van der Waals surface area contributed by atoms with Crippen LogP contribution in [0.5, 0.6) is 5.75 Å². The van der Waals surface area contributed by atoms with Gasteiger partial charge in [0.2, 0.25) is 5.28 Å². The maximum atomic E-state index is 16.2. The topological polar surface area (TPSA) is 212 Å². The van der Waals surface area contributed by atoms with Crippen molar-refractivity contribution in [2.75, 3.05) is 45.1 Å². The summed E-state index contributed by atoms with van der Waals surface area (Å²) in [5, 5.41) is 2.04. The van der Waals surface area contributed by atoms with E-state index < -0.39 is 59.3 Å². The zero-order chi connectivity index (χ0) is 37.3. The van der Waals surface area contributed by atoms with Gasteiger partial charge >= 0.3 is 21.5 Å². The fraction of sp³-hybridized carbons (Fsp3) is 0.419. The molecule has 1 aliphatic heterocycles. The highest BCUT2D eigenvalue weighted by Crippen LogP contribution is 2.60. The molecule has 2 aromatic heterocycles. The SMILES string of the molecule is CCN(CC)CCO[C@@H]1C(F)[C@H](n2cnc3c(N)nc(Cl)nc32)O[C@@H]1COP(=O)(O)OP(=O)(NCC(=O)OCc1ccccc1)Oc1ccccc1. The van der Waals surface area contributed by atoms with Gasteiger partial charge in [-0.05, 0) is 42.4 Å². The number of nitrogens with zero attached hydrogens (tertiary/aromatic N) is 5. The van der Waals surface area contributed by atoms with Gasteiger partial charge in [0.1, 0.15) is 36.6 Å². The van der Waals surface area contributed by atoms with Crippen LogP contribution >= 0.6 is 27.2 Å². The highest BCUT2D eigenvalue weighted by atomic mass is 35.5. The molecule has 0 amide bonds. The molecule has 4 aromatic rings. The predicted octanol–water partition coefficient (Wildman–Crippen LogP) is 4.68. The lowest BCUT2D eigenvalue weighted by Gasteiger charge is -2.24. The summed E-state index contributed by atoms with van der Waals surface area (Å²) in [5.41, 5.74) is 6.85. The number of likely N-dealkylation sites (N-methyl/N-ethyl adjacent to an activating group) is 1. The first-order chi connectivity index (χ1) is 24.9. The highest BCUT2D eigenvalue weighted by Gasteiger charge is 2.49. The summed E-state index contributed by atoms with van der Waals surface area (Å²) in [4.78, 5) is 37.4. The number of nitrogens with one attached hydrogen (secondary N) is 1. The van der Waals surface area contributed by atoms with Gasteiger partial charge < -0.3 is 34.3 Å². The smallest absolute Gasteiger partial charge is 0.460 e. The zero-order valence-corrected chi connectivity index (χ0v) is 30.7. The van der Waals surface area contributed by atoms with Gasteiger partial charge in [-0.2, -0.15) is 14.3 Å². The molecule has 0 bridgehead atoms. The van der Waals surface area contributed by atoms with E-state index in [-0.39, 0.29) is 41.2 Å². The van der Waals surface area contributed by atoms with Gasteiger partial charge in [0.05, 0.1) is 19.5 Å². The molecule has 4 N–H and O–H groups in total. The second-order valence-corrected chi connectivity index (χ2v) is 15.0. The molecular formula is C31H39ClFN7O10P2. The van der Waals surface area contributed by atoms with Crippen LogP contribution in [0.15, 0.2) is 67.0 Å². The van der Waals surface area contributed by atoms with Gasteiger partial charge in [-0.3, -0.25) is 13.9 Å². The van der Waals surface area contributed by atoms with Crippen molar-refractivity contribution < 1.29 is 50.8 Å². The van der Waals surface area contributed by atoms with Crippen molar-refractivity contribution in [1.29, 1.82) is 0 Å². The number of hydrogen-bond acceptors (Lipinski definition) is 14. The molecule has 1 saturated heterocycles. The van der Waals surface area contributed by atoms with E-state index in [1.54, 1.807) is 48.5 Å². The predicted molar refractivity (Wildman–Crippen MR) is 187 cm³/mol. The van der Waals surface area contributed by atoms with Crippen LogP contribution in [0, 0.1) is 0 Å². The number of rotatable bonds is 19. The minimum absolute atomic E-state index is 0.0167. The van der Waals surface area contributed by atoms with Crippen molar-refractivity contribution in [1.82, 2.24) is 29.5 Å². The minimum Gasteiger partial charge on any atom is -0.460 e. The molecule has 2 aromatic carbocycles. The van der Waals surface area contributed by atoms with E-state index >= 15 is 4.39 Å². The molecule has 282 valence electrons. The lowest BCUT2D eigenvalue weighted by atomic mass is 10.1. The highest BCUT2D eigenvalue weighted by molar-refractivity contribution is 7.63. The third-order valence-electron chi connectivity index (χ3n) is 7.82. The van der Waals surface area contributed by atoms with Crippen LogP contribution in [0.1, 0.15) is 25.6 Å². The molecule has 21 heteroatoms. The van der Waals surface area contributed by atoms with E-state index in [4.69, 9.17) is 44.9 Å². The summed E-state index contributed by atoms with van der Waals surface area (Å²) in [6.45, 7) is 4.37. The largest absolute Gasteiger partial charge is 0.481 e. The van der Waals surface area contributed by atoms with Crippen LogP contribution in [0.4, 0.5) is 10.2 Å². The van der Waals surface area contributed by atoms with E-state index in [1.165, 1.54) is 23.0 Å². The van der Waals surface area contributed by atoms with Crippen LogP contribution in [0.2, 0.25) is 5.28 Å². The first kappa shape index (κ1) is 39.7. The molecule has 3 unspecified atom stereocenters. The van der Waals surface area contributed by atoms with E-state index in [0.29, 0.717) is 12.1 Å². The zero-order valence-electron chi connectivity index (χ0n) is 28.2. The number of ether oxygens (including phenoxy) is 3. The number of para-hydroxylation sites is 1. The molecule has 5 rings (SSSR count). The number of phosphoric acid groups is 1. The van der Waals surface area contributed by atoms with Crippen molar-refractivity contribution in [2.24, 2.45) is 0 Å². The molecule has 6 atom stereocenters. The van der Waals surface area contributed by atoms with Crippen molar-refractivity contribution in [2.45, 2.75) is 45.1 Å². The molecule has 1 fully saturated rings. The molecule has 0 radical (unpaired) electrons. The number of anilines is 1. The number of carbonyl (C=O) groups is 1. The number of fused-ring (bicyclic) bond motifs is 1. The number of imidazole rings is 1. The van der Waals surface area contributed by atoms with Crippen molar-refractivity contribution in [3.8, 4) is 5.75 Å². The number of nitrogen functional groups attached to an aromatic ring is 1. The summed E-state index contributed by atoms with van der Waals surface area (Å²) in [5.74, 6) is -0.910. The Bertz CT molecular complexity index is 1880. The number of alkyl halides is 1. The monoisotopic (exact) mass is 785 g/mol. The second-order valence-electron chi connectivity index (χ2n) is 11.3. The summed E-state index contributed by atoms with van der Waals surface area (Å²) in [6.07, 6.45) is -4.65. The molecular weight excluding hydrogens is 747 g/mol. The van der Waals surface area contributed by atoms with Crippen molar-refractivity contribution in [3.63, 3.8) is 0 Å². The van der Waals surface area contributed by atoms with Crippen LogP contribution in [0.25, 0.3) is 11.2 Å². The van der Waals surface area contributed by atoms with Crippen molar-refractivity contribution in [3.05, 3.63) is 77.8 Å². The van der Waals surface area contributed by atoms with E-state index in [0.717, 1.165) is 13.1 Å². The summed E-state index contributed by atoms with van der Waals surface area (Å²) < 4.78 is 77.3. The lowest BCUT2D eigenvalue weighted by Crippen LogP contribution is -2.37. The van der Waals surface area contributed by atoms with Gasteiger partial charge in [0.15, 0.2) is 23.9 Å². The number of halogens is 2. The number of esters is 1. The number of aromatic nitrogens is 4. The number of nitrogens with two attached hydrogens (primary N) is 1. The first-order valence-corrected chi connectivity index (χ1v) is 19.6. The van der Waals surface area contributed by atoms with Crippen LogP contribution in [-0.2, 0) is 43.6 Å². The quantitative estimate of drug-likeness (QED) is 0.0669. The van der Waals surface area contributed by atoms with E-state index in [9.17, 15) is 18.8 Å². The molecule has 3 heterocycles. The second kappa shape index (κ2) is 18.0. The summed E-state index contributed by atoms with van der Waals surface area (Å²) in [7, 11) is -10.1. The lowest BCUT2D eigenvalue weighted by molar-refractivity contribution is -0.143. The fourth-order valence-corrected chi connectivity index (χ4v) is 8.11. The van der Waals surface area contributed by atoms with E-state index in [2.05, 4.69) is 24.9 Å². The fourth-order valence-electron chi connectivity index (χ4n) is 5.18. The van der Waals surface area contributed by atoms with Gasteiger partial charge in [-0.15, -0.1) is 0 Å². The summed E-state index contributed by atoms with van der Waals surface area (Å²) >= 11 is 6.00. The molecule has 0 aliphatic carbocycles. The third-order valence-corrected chi connectivity index (χ3v) is 11.1. The molecule has 17 nitrogen and oxygen atoms in total. The third kappa shape index (κ3) is 10.5. The number of benzene rings is 2. The first-order valence-electron chi connectivity index (χ1n) is 16.2. The van der Waals surface area contributed by atoms with Gasteiger partial charge in [-0.1, -0.05) is 62.4 Å². The van der Waals surface area contributed by atoms with E-state index in [1.807, 2.05) is 13.8 Å². The molecule has 0 spiro atoms. The van der Waals surface area contributed by atoms with Gasteiger partial charge in [0, 0.05) is 6.54 Å². The van der Waals surface area contributed by atoms with Crippen LogP contribution < -0.4 is 15.3 Å². The summed E-state index contributed by atoms with van der Waals surface area (Å²) in [6, 6.07) is 16.4. The Labute approximate surface area is 303 Å². The Morgan fingerprint density at radius 1 is 1.12 bits per heavy atom. The Balaban J connectivity index is 1.30. The average Bonchev–Trinajstić information content (AvgIpc) is 3.68. The molecule has 1 aliphatic rings. The minimum atomic E-state index is -5.30.